The molecule has 82 valence electrons. The van der Waals surface area contributed by atoms with Crippen LogP contribution < -0.4 is 5.32 Å². The topological polar surface area (TPSA) is 12.0 Å². The van der Waals surface area contributed by atoms with Crippen molar-refractivity contribution in [1.82, 2.24) is 5.32 Å². The number of benzene rings is 1. The Balaban J connectivity index is 3.23. The van der Waals surface area contributed by atoms with Gasteiger partial charge in [-0.05, 0) is 18.2 Å². The maximum absolute atomic E-state index is 12.9. The van der Waals surface area contributed by atoms with Crippen LogP contribution in [0.5, 0.6) is 0 Å². The highest BCUT2D eigenvalue weighted by atomic mass is 19.4. The number of nitrogens with one attached hydrogen (secondary N) is 1. The lowest BCUT2D eigenvalue weighted by Crippen LogP contribution is -2.09. The molecule has 0 saturated carbocycles. The molecule has 5 heteroatoms. The summed E-state index contributed by atoms with van der Waals surface area (Å²) in [5, 5.41) is 2.56. The second-order valence-electron chi connectivity index (χ2n) is 2.95. The van der Waals surface area contributed by atoms with E-state index in [2.05, 4.69) is 11.9 Å². The predicted molar refractivity (Wildman–Crippen MR) is 49.5 cm³/mol. The van der Waals surface area contributed by atoms with E-state index < -0.39 is 17.6 Å². The molecular weight excluding hydrogens is 210 g/mol. The second-order valence-corrected chi connectivity index (χ2v) is 2.95. The Hall–Kier alpha value is -1.52. The summed E-state index contributed by atoms with van der Waals surface area (Å²) in [5.74, 6) is -0.934. The SMILES string of the molecule is C=C(NC)c1cc(F)cc(C(F)(F)F)c1. The van der Waals surface area contributed by atoms with Gasteiger partial charge in [0.05, 0.1) is 5.56 Å². The molecule has 0 atom stereocenters. The molecule has 1 N–H and O–H groups in total. The lowest BCUT2D eigenvalue weighted by atomic mass is 10.1. The summed E-state index contributed by atoms with van der Waals surface area (Å²) in [4.78, 5) is 0. The van der Waals surface area contributed by atoms with Gasteiger partial charge in [-0.2, -0.15) is 13.2 Å². The van der Waals surface area contributed by atoms with Gasteiger partial charge in [-0.25, -0.2) is 4.39 Å². The molecule has 0 aliphatic carbocycles. The van der Waals surface area contributed by atoms with Crippen molar-refractivity contribution in [2.45, 2.75) is 6.18 Å². The van der Waals surface area contributed by atoms with Crippen LogP contribution in [-0.4, -0.2) is 7.05 Å². The minimum atomic E-state index is -4.55. The van der Waals surface area contributed by atoms with Crippen molar-refractivity contribution in [3.63, 3.8) is 0 Å². The van der Waals surface area contributed by atoms with E-state index in [1.54, 1.807) is 0 Å². The van der Waals surface area contributed by atoms with Gasteiger partial charge in [-0.1, -0.05) is 6.58 Å². The molecule has 0 spiro atoms. The highest BCUT2D eigenvalue weighted by molar-refractivity contribution is 5.62. The largest absolute Gasteiger partial charge is 0.416 e. The van der Waals surface area contributed by atoms with E-state index in [0.717, 1.165) is 12.1 Å². The summed E-state index contributed by atoms with van der Waals surface area (Å²) in [7, 11) is 1.50. The van der Waals surface area contributed by atoms with Crippen LogP contribution in [0.4, 0.5) is 17.6 Å². The number of alkyl halides is 3. The van der Waals surface area contributed by atoms with Crippen molar-refractivity contribution >= 4 is 5.70 Å². The standard InChI is InChI=1S/C10H9F4N/c1-6(15-2)7-3-8(10(12,13)14)5-9(11)4-7/h3-5,15H,1H2,2H3. The van der Waals surface area contributed by atoms with E-state index in [4.69, 9.17) is 0 Å². The third-order valence-electron chi connectivity index (χ3n) is 1.88. The summed E-state index contributed by atoms with van der Waals surface area (Å²) in [6.45, 7) is 3.46. The Morgan fingerprint density at radius 1 is 1.27 bits per heavy atom. The first-order valence-corrected chi connectivity index (χ1v) is 4.09. The summed E-state index contributed by atoms with van der Waals surface area (Å²) in [5.41, 5.74) is -0.696. The van der Waals surface area contributed by atoms with Crippen LogP contribution in [0.25, 0.3) is 5.70 Å². The van der Waals surface area contributed by atoms with Crippen LogP contribution in [0.15, 0.2) is 24.8 Å². The number of hydrogen-bond acceptors (Lipinski definition) is 1. The molecule has 1 rings (SSSR count). The average molecular weight is 219 g/mol. The van der Waals surface area contributed by atoms with E-state index in [9.17, 15) is 17.6 Å². The van der Waals surface area contributed by atoms with Crippen LogP contribution in [0.3, 0.4) is 0 Å². The maximum Gasteiger partial charge on any atom is 0.416 e. The van der Waals surface area contributed by atoms with Crippen LogP contribution in [0.2, 0.25) is 0 Å². The van der Waals surface area contributed by atoms with E-state index in [-0.39, 0.29) is 11.3 Å². The molecule has 0 aliphatic heterocycles. The molecule has 15 heavy (non-hydrogen) atoms. The lowest BCUT2D eigenvalue weighted by molar-refractivity contribution is -0.137. The summed E-state index contributed by atoms with van der Waals surface area (Å²) in [6.07, 6.45) is -4.55. The minimum Gasteiger partial charge on any atom is -0.388 e. The third kappa shape index (κ3) is 2.71. The first-order chi connectivity index (χ1) is 6.84. The predicted octanol–water partition coefficient (Wildman–Crippen LogP) is 3.03. The lowest BCUT2D eigenvalue weighted by Gasteiger charge is -2.10. The van der Waals surface area contributed by atoms with Gasteiger partial charge in [-0.15, -0.1) is 0 Å². The molecule has 0 amide bonds. The fraction of sp³-hybridized carbons (Fsp3) is 0.200. The van der Waals surface area contributed by atoms with Crippen LogP contribution >= 0.6 is 0 Å². The van der Waals surface area contributed by atoms with Gasteiger partial charge in [0, 0.05) is 18.3 Å². The first kappa shape index (κ1) is 11.6. The monoisotopic (exact) mass is 219 g/mol. The fourth-order valence-electron chi connectivity index (χ4n) is 1.07. The normalized spacial score (nSPS) is 11.3. The van der Waals surface area contributed by atoms with Gasteiger partial charge in [-0.3, -0.25) is 0 Å². The molecular formula is C10H9F4N. The van der Waals surface area contributed by atoms with Crippen molar-refractivity contribution in [2.24, 2.45) is 0 Å². The quantitative estimate of drug-likeness (QED) is 0.754. The first-order valence-electron chi connectivity index (χ1n) is 4.09. The average Bonchev–Trinajstić information content (AvgIpc) is 2.14. The van der Waals surface area contributed by atoms with Crippen LogP contribution in [0, 0.1) is 5.82 Å². The van der Waals surface area contributed by atoms with Crippen LogP contribution in [0.1, 0.15) is 11.1 Å². The molecule has 1 nitrogen and oxygen atoms in total. The summed E-state index contributed by atoms with van der Waals surface area (Å²) < 4.78 is 49.8. The maximum atomic E-state index is 12.9. The van der Waals surface area contributed by atoms with Gasteiger partial charge in [0.2, 0.25) is 0 Å². The van der Waals surface area contributed by atoms with Gasteiger partial charge in [0.15, 0.2) is 0 Å². The smallest absolute Gasteiger partial charge is 0.388 e. The molecule has 0 unspecified atom stereocenters. The highest BCUT2D eigenvalue weighted by Crippen LogP contribution is 2.31. The zero-order chi connectivity index (χ0) is 11.6. The molecule has 0 saturated heterocycles. The molecule has 0 bridgehead atoms. The molecule has 0 aromatic heterocycles. The van der Waals surface area contributed by atoms with Crippen LogP contribution in [-0.2, 0) is 6.18 Å². The summed E-state index contributed by atoms with van der Waals surface area (Å²) >= 11 is 0. The van der Waals surface area contributed by atoms with Gasteiger partial charge >= 0.3 is 6.18 Å². The van der Waals surface area contributed by atoms with Crippen molar-refractivity contribution in [3.05, 3.63) is 41.7 Å². The Morgan fingerprint density at radius 3 is 2.33 bits per heavy atom. The van der Waals surface area contributed by atoms with Gasteiger partial charge in [0.25, 0.3) is 0 Å². The van der Waals surface area contributed by atoms with Crippen molar-refractivity contribution in [2.75, 3.05) is 7.05 Å². The Morgan fingerprint density at radius 2 is 1.87 bits per heavy atom. The van der Waals surface area contributed by atoms with E-state index in [0.29, 0.717) is 6.07 Å². The second kappa shape index (κ2) is 3.92. The number of rotatable bonds is 2. The molecule has 0 aliphatic rings. The summed E-state index contributed by atoms with van der Waals surface area (Å²) in [6, 6.07) is 2.29. The molecule has 0 radical (unpaired) electrons. The fourth-order valence-corrected chi connectivity index (χ4v) is 1.07. The minimum absolute atomic E-state index is 0.0878. The van der Waals surface area contributed by atoms with E-state index >= 15 is 0 Å². The molecule has 0 heterocycles. The van der Waals surface area contributed by atoms with Gasteiger partial charge in [0.1, 0.15) is 5.82 Å². The molecule has 0 fully saturated rings. The zero-order valence-corrected chi connectivity index (χ0v) is 7.95. The molecule has 1 aromatic carbocycles. The van der Waals surface area contributed by atoms with Gasteiger partial charge < -0.3 is 5.32 Å². The Labute approximate surface area is 84.4 Å². The highest BCUT2D eigenvalue weighted by Gasteiger charge is 2.31. The van der Waals surface area contributed by atoms with Crippen molar-refractivity contribution in [3.8, 4) is 0 Å². The van der Waals surface area contributed by atoms with E-state index in [1.165, 1.54) is 7.05 Å². The Kier molecular flexibility index (Phi) is 3.02. The number of halogens is 4. The number of hydrogen-bond donors (Lipinski definition) is 1. The van der Waals surface area contributed by atoms with Crippen molar-refractivity contribution < 1.29 is 17.6 Å². The Bertz CT molecular complexity index is 381. The van der Waals surface area contributed by atoms with Crippen molar-refractivity contribution in [1.29, 1.82) is 0 Å². The third-order valence-corrected chi connectivity index (χ3v) is 1.88. The zero-order valence-electron chi connectivity index (χ0n) is 7.95. The van der Waals surface area contributed by atoms with E-state index in [1.807, 2.05) is 0 Å². The molecule has 1 aromatic rings.